The lowest BCUT2D eigenvalue weighted by atomic mass is 10.2. The largest absolute Gasteiger partial charge is 0.407 e. The standard InChI is InChI=1S/C21H30N2O2Si/c1-21(2,3)26(18-11-6-4-7-12-18,19-13-8-5-9-14-19)25-16-10-15-24-17-20(22)23/h4-9,11-14H,10,15-17H2,1-3H3,(H3,22,23). The Balaban J connectivity index is 2.28. The van der Waals surface area contributed by atoms with Crippen LogP contribution in [0.2, 0.25) is 5.04 Å². The Morgan fingerprint density at radius 1 is 0.923 bits per heavy atom. The highest BCUT2D eigenvalue weighted by Crippen LogP contribution is 2.36. The molecule has 5 heteroatoms. The average molecular weight is 371 g/mol. The first-order valence-corrected chi connectivity index (χ1v) is 10.9. The molecule has 2 aromatic rings. The van der Waals surface area contributed by atoms with Gasteiger partial charge in [-0.15, -0.1) is 0 Å². The fourth-order valence-electron chi connectivity index (χ4n) is 3.33. The summed E-state index contributed by atoms with van der Waals surface area (Å²) in [6.07, 6.45) is 0.776. The summed E-state index contributed by atoms with van der Waals surface area (Å²) in [5.41, 5.74) is 5.32. The predicted molar refractivity (Wildman–Crippen MR) is 111 cm³/mol. The monoisotopic (exact) mass is 370 g/mol. The lowest BCUT2D eigenvalue weighted by Gasteiger charge is -2.43. The Morgan fingerprint density at radius 2 is 1.42 bits per heavy atom. The van der Waals surface area contributed by atoms with Gasteiger partial charge in [0.05, 0.1) is 0 Å². The molecule has 0 spiro atoms. The maximum Gasteiger partial charge on any atom is 0.261 e. The minimum absolute atomic E-state index is 0.0179. The van der Waals surface area contributed by atoms with Crippen LogP contribution in [0.25, 0.3) is 0 Å². The van der Waals surface area contributed by atoms with Gasteiger partial charge in [-0.3, -0.25) is 5.41 Å². The molecule has 0 amide bonds. The number of amidine groups is 1. The molecule has 26 heavy (non-hydrogen) atoms. The van der Waals surface area contributed by atoms with Gasteiger partial charge < -0.3 is 14.9 Å². The Morgan fingerprint density at radius 3 is 1.85 bits per heavy atom. The van der Waals surface area contributed by atoms with E-state index in [9.17, 15) is 0 Å². The third kappa shape index (κ3) is 4.81. The van der Waals surface area contributed by atoms with Crippen molar-refractivity contribution in [2.45, 2.75) is 32.2 Å². The highest BCUT2D eigenvalue weighted by molar-refractivity contribution is 6.99. The molecular weight excluding hydrogens is 340 g/mol. The van der Waals surface area contributed by atoms with Crippen LogP contribution in [0.15, 0.2) is 60.7 Å². The fourth-order valence-corrected chi connectivity index (χ4v) is 7.94. The molecule has 0 aliphatic heterocycles. The number of hydrogen-bond acceptors (Lipinski definition) is 3. The van der Waals surface area contributed by atoms with Gasteiger partial charge >= 0.3 is 0 Å². The number of benzene rings is 2. The first kappa shape index (κ1) is 20.4. The lowest BCUT2D eigenvalue weighted by molar-refractivity contribution is 0.148. The summed E-state index contributed by atoms with van der Waals surface area (Å²) in [5.74, 6) is 0.0536. The molecule has 2 aromatic carbocycles. The smallest absolute Gasteiger partial charge is 0.261 e. The van der Waals surface area contributed by atoms with Gasteiger partial charge in [0.25, 0.3) is 8.32 Å². The van der Waals surface area contributed by atoms with Gasteiger partial charge in [-0.25, -0.2) is 0 Å². The minimum Gasteiger partial charge on any atom is -0.407 e. The molecule has 0 radical (unpaired) electrons. The molecule has 0 aliphatic rings. The summed E-state index contributed by atoms with van der Waals surface area (Å²) in [4.78, 5) is 0. The van der Waals surface area contributed by atoms with Crippen LogP contribution in [0.4, 0.5) is 0 Å². The summed E-state index contributed by atoms with van der Waals surface area (Å²) in [7, 11) is -2.45. The van der Waals surface area contributed by atoms with E-state index in [1.807, 2.05) is 12.1 Å². The topological polar surface area (TPSA) is 68.3 Å². The fraction of sp³-hybridized carbons (Fsp3) is 0.381. The van der Waals surface area contributed by atoms with Gasteiger partial charge in [0.15, 0.2) is 0 Å². The lowest BCUT2D eigenvalue weighted by Crippen LogP contribution is -2.66. The molecule has 0 fully saturated rings. The van der Waals surface area contributed by atoms with Crippen molar-refractivity contribution in [1.82, 2.24) is 0 Å². The quantitative estimate of drug-likeness (QED) is 0.309. The van der Waals surface area contributed by atoms with Crippen LogP contribution in [-0.4, -0.2) is 34.0 Å². The van der Waals surface area contributed by atoms with Gasteiger partial charge in [-0.2, -0.15) is 0 Å². The predicted octanol–water partition coefficient (Wildman–Crippen LogP) is 2.91. The van der Waals surface area contributed by atoms with E-state index in [-0.39, 0.29) is 17.5 Å². The molecule has 0 aromatic heterocycles. The average Bonchev–Trinajstić information content (AvgIpc) is 2.61. The first-order valence-electron chi connectivity index (χ1n) is 9.03. The number of nitrogens with two attached hydrogens (primary N) is 1. The summed E-state index contributed by atoms with van der Waals surface area (Å²) >= 11 is 0. The van der Waals surface area contributed by atoms with Gasteiger partial charge in [0.1, 0.15) is 12.4 Å². The van der Waals surface area contributed by atoms with Crippen molar-refractivity contribution in [2.24, 2.45) is 5.73 Å². The van der Waals surface area contributed by atoms with E-state index >= 15 is 0 Å². The second-order valence-corrected chi connectivity index (χ2v) is 11.7. The third-order valence-corrected chi connectivity index (χ3v) is 9.47. The minimum atomic E-state index is -2.45. The Hall–Kier alpha value is -1.95. The normalized spacial score (nSPS) is 12.1. The molecule has 0 bridgehead atoms. The van der Waals surface area contributed by atoms with Gasteiger partial charge in [-0.1, -0.05) is 81.4 Å². The van der Waals surface area contributed by atoms with Crippen LogP contribution in [-0.2, 0) is 9.16 Å². The molecule has 2 rings (SSSR count). The van der Waals surface area contributed by atoms with Crippen LogP contribution in [0.1, 0.15) is 27.2 Å². The van der Waals surface area contributed by atoms with Crippen LogP contribution in [0.5, 0.6) is 0 Å². The molecule has 0 saturated heterocycles. The van der Waals surface area contributed by atoms with Gasteiger partial charge in [-0.05, 0) is 21.8 Å². The number of rotatable bonds is 9. The molecular formula is C21H30N2O2Si. The highest BCUT2D eigenvalue weighted by atomic mass is 28.4. The number of ether oxygens (including phenoxy) is 1. The van der Waals surface area contributed by atoms with E-state index in [1.54, 1.807) is 0 Å². The summed E-state index contributed by atoms with van der Waals surface area (Å²) in [5, 5.41) is 9.75. The molecule has 0 unspecified atom stereocenters. The van der Waals surface area contributed by atoms with Crippen molar-refractivity contribution in [3.63, 3.8) is 0 Å². The maximum absolute atomic E-state index is 7.21. The second kappa shape index (κ2) is 9.12. The third-order valence-electron chi connectivity index (χ3n) is 4.43. The van der Waals surface area contributed by atoms with Crippen LogP contribution >= 0.6 is 0 Å². The second-order valence-electron chi connectivity index (χ2n) is 7.44. The van der Waals surface area contributed by atoms with E-state index in [0.717, 1.165) is 6.42 Å². The SMILES string of the molecule is CC(C)(C)[Si](OCCCOCC(=N)N)(c1ccccc1)c1ccccc1. The number of nitrogens with one attached hydrogen (secondary N) is 1. The highest BCUT2D eigenvalue weighted by Gasteiger charge is 2.49. The van der Waals surface area contributed by atoms with E-state index < -0.39 is 8.32 Å². The Kier molecular flexibility index (Phi) is 7.14. The molecule has 0 atom stereocenters. The van der Waals surface area contributed by atoms with Crippen LogP contribution in [0.3, 0.4) is 0 Å². The Bertz CT molecular complexity index is 645. The van der Waals surface area contributed by atoms with E-state index in [2.05, 4.69) is 69.3 Å². The Labute approximate surface area is 158 Å². The van der Waals surface area contributed by atoms with Crippen molar-refractivity contribution in [3.05, 3.63) is 60.7 Å². The van der Waals surface area contributed by atoms with Crippen molar-refractivity contribution >= 4 is 24.5 Å². The molecule has 0 saturated carbocycles. The number of hydrogen-bond donors (Lipinski definition) is 2. The zero-order chi connectivity index (χ0) is 19.0. The van der Waals surface area contributed by atoms with E-state index in [4.69, 9.17) is 20.3 Å². The van der Waals surface area contributed by atoms with E-state index in [1.165, 1.54) is 10.4 Å². The zero-order valence-corrected chi connectivity index (χ0v) is 17.0. The van der Waals surface area contributed by atoms with Crippen LogP contribution < -0.4 is 16.1 Å². The van der Waals surface area contributed by atoms with Crippen molar-refractivity contribution in [2.75, 3.05) is 19.8 Å². The van der Waals surface area contributed by atoms with Crippen molar-refractivity contribution in [3.8, 4) is 0 Å². The van der Waals surface area contributed by atoms with E-state index in [0.29, 0.717) is 13.2 Å². The maximum atomic E-state index is 7.21. The van der Waals surface area contributed by atoms with Crippen molar-refractivity contribution < 1.29 is 9.16 Å². The summed E-state index contributed by atoms with van der Waals surface area (Å²) < 4.78 is 12.1. The van der Waals surface area contributed by atoms with Crippen LogP contribution in [0, 0.1) is 5.41 Å². The molecule has 4 nitrogen and oxygen atoms in total. The molecule has 3 N–H and O–H groups in total. The molecule has 0 heterocycles. The molecule has 0 aliphatic carbocycles. The first-order chi connectivity index (χ1) is 12.4. The van der Waals surface area contributed by atoms with Gasteiger partial charge in [0.2, 0.25) is 0 Å². The summed E-state index contributed by atoms with van der Waals surface area (Å²) in [6.45, 7) is 8.14. The van der Waals surface area contributed by atoms with Crippen molar-refractivity contribution in [1.29, 1.82) is 5.41 Å². The van der Waals surface area contributed by atoms with Gasteiger partial charge in [0, 0.05) is 13.2 Å². The summed E-state index contributed by atoms with van der Waals surface area (Å²) in [6, 6.07) is 21.2. The zero-order valence-electron chi connectivity index (χ0n) is 16.0. The molecule has 140 valence electrons.